The summed E-state index contributed by atoms with van der Waals surface area (Å²) in [6.45, 7) is 1.50. The molecule has 0 saturated heterocycles. The third-order valence-electron chi connectivity index (χ3n) is 5.73. The van der Waals surface area contributed by atoms with Crippen LogP contribution in [0.5, 0.6) is 0 Å². The molecule has 5 rings (SSSR count). The molecule has 36 heavy (non-hydrogen) atoms. The lowest BCUT2D eigenvalue weighted by atomic mass is 10.1. The molecule has 10 heteroatoms. The van der Waals surface area contributed by atoms with Crippen LogP contribution >= 0.6 is 11.3 Å². The van der Waals surface area contributed by atoms with Crippen molar-refractivity contribution in [3.05, 3.63) is 98.9 Å². The van der Waals surface area contributed by atoms with Gasteiger partial charge in [0, 0.05) is 33.8 Å². The Kier molecular flexibility index (Phi) is 5.87. The maximum Gasteiger partial charge on any atom is 0.270 e. The maximum atomic E-state index is 12.6. The number of nitrogens with one attached hydrogen (secondary N) is 1. The van der Waals surface area contributed by atoms with Crippen molar-refractivity contribution in [3.8, 4) is 21.8 Å². The van der Waals surface area contributed by atoms with E-state index in [1.807, 2.05) is 49.4 Å². The van der Waals surface area contributed by atoms with Crippen molar-refractivity contribution in [2.24, 2.45) is 0 Å². The van der Waals surface area contributed by atoms with E-state index in [1.165, 1.54) is 6.07 Å². The minimum atomic E-state index is -0.738. The molecule has 2 heterocycles. The Balaban J connectivity index is 1.27. The summed E-state index contributed by atoms with van der Waals surface area (Å²) in [5, 5.41) is 14.6. The lowest BCUT2D eigenvalue weighted by Gasteiger charge is -2.13. The van der Waals surface area contributed by atoms with E-state index < -0.39 is 29.2 Å². The van der Waals surface area contributed by atoms with Crippen LogP contribution in [0.4, 0.5) is 11.4 Å². The van der Waals surface area contributed by atoms with Gasteiger partial charge in [-0.25, -0.2) is 4.98 Å². The number of rotatable bonds is 6. The number of hydrogen-bond acceptors (Lipinski definition) is 7. The largest absolute Gasteiger partial charge is 0.325 e. The van der Waals surface area contributed by atoms with E-state index in [0.29, 0.717) is 5.69 Å². The first-order chi connectivity index (χ1) is 17.3. The molecule has 4 aromatic rings. The number of aromatic nitrogens is 1. The highest BCUT2D eigenvalue weighted by Crippen LogP contribution is 2.33. The van der Waals surface area contributed by atoms with Crippen molar-refractivity contribution in [2.75, 3.05) is 11.9 Å². The molecular weight excluding hydrogens is 480 g/mol. The Hall–Kier alpha value is -4.70. The molecule has 0 fully saturated rings. The zero-order chi connectivity index (χ0) is 25.4. The number of hydrogen-bond donors (Lipinski definition) is 1. The van der Waals surface area contributed by atoms with Gasteiger partial charge in [-0.1, -0.05) is 42.5 Å². The number of nitro groups is 1. The lowest BCUT2D eigenvalue weighted by Crippen LogP contribution is -2.37. The maximum absolute atomic E-state index is 12.6. The van der Waals surface area contributed by atoms with E-state index in [-0.39, 0.29) is 16.8 Å². The Morgan fingerprint density at radius 2 is 1.67 bits per heavy atom. The predicted octanol–water partition coefficient (Wildman–Crippen LogP) is 4.93. The van der Waals surface area contributed by atoms with Gasteiger partial charge in [-0.05, 0) is 25.1 Å². The molecule has 178 valence electrons. The van der Waals surface area contributed by atoms with Gasteiger partial charge < -0.3 is 5.32 Å². The second kappa shape index (κ2) is 9.16. The summed E-state index contributed by atoms with van der Waals surface area (Å²) >= 11 is 1.60. The van der Waals surface area contributed by atoms with E-state index in [9.17, 15) is 24.5 Å². The molecule has 0 spiro atoms. The summed E-state index contributed by atoms with van der Waals surface area (Å²) in [7, 11) is 0. The van der Waals surface area contributed by atoms with E-state index >= 15 is 0 Å². The third-order valence-corrected chi connectivity index (χ3v) is 6.75. The quantitative estimate of drug-likeness (QED) is 0.229. The molecule has 0 bridgehead atoms. The second-order valence-corrected chi connectivity index (χ2v) is 9.30. The van der Waals surface area contributed by atoms with Gasteiger partial charge in [0.05, 0.1) is 21.7 Å². The van der Waals surface area contributed by atoms with Crippen LogP contribution in [0.3, 0.4) is 0 Å². The van der Waals surface area contributed by atoms with Crippen LogP contribution < -0.4 is 5.32 Å². The van der Waals surface area contributed by atoms with Crippen LogP contribution in [0.1, 0.15) is 25.6 Å². The SMILES string of the molecule is Cc1sc(-c2ccccc2)nc1-c1ccc(NC(=O)CN2C(=O)c3ccc([N+](=O)[O-])cc3C2=O)cc1. The van der Waals surface area contributed by atoms with E-state index in [4.69, 9.17) is 4.98 Å². The Bertz CT molecular complexity index is 1530. The zero-order valence-electron chi connectivity index (χ0n) is 18.9. The molecule has 3 aromatic carbocycles. The fourth-order valence-electron chi connectivity index (χ4n) is 3.96. The van der Waals surface area contributed by atoms with Crippen molar-refractivity contribution in [1.82, 2.24) is 9.88 Å². The Morgan fingerprint density at radius 1 is 0.972 bits per heavy atom. The average Bonchev–Trinajstić information content (AvgIpc) is 3.38. The number of anilines is 1. The van der Waals surface area contributed by atoms with Crippen molar-refractivity contribution < 1.29 is 19.3 Å². The molecule has 1 aromatic heterocycles. The molecule has 0 unspecified atom stereocenters. The van der Waals surface area contributed by atoms with Crippen LogP contribution in [-0.4, -0.2) is 39.1 Å². The summed E-state index contributed by atoms with van der Waals surface area (Å²) < 4.78 is 0. The number of fused-ring (bicyclic) bond motifs is 1. The molecule has 1 N–H and O–H groups in total. The highest BCUT2D eigenvalue weighted by atomic mass is 32.1. The number of imide groups is 1. The second-order valence-electron chi connectivity index (χ2n) is 8.10. The van der Waals surface area contributed by atoms with Gasteiger partial charge in [-0.2, -0.15) is 0 Å². The summed E-state index contributed by atoms with van der Waals surface area (Å²) in [6, 6.07) is 20.5. The highest BCUT2D eigenvalue weighted by Gasteiger charge is 2.37. The van der Waals surface area contributed by atoms with Gasteiger partial charge in [0.15, 0.2) is 0 Å². The van der Waals surface area contributed by atoms with E-state index in [0.717, 1.165) is 43.7 Å². The number of carbonyl (C=O) groups excluding carboxylic acids is 3. The lowest BCUT2D eigenvalue weighted by molar-refractivity contribution is -0.384. The first-order valence-electron chi connectivity index (χ1n) is 10.9. The number of amides is 3. The van der Waals surface area contributed by atoms with Crippen molar-refractivity contribution >= 4 is 40.4 Å². The fourth-order valence-corrected chi connectivity index (χ4v) is 4.90. The molecule has 1 aliphatic heterocycles. The number of non-ortho nitro benzene ring substituents is 1. The molecule has 9 nitrogen and oxygen atoms in total. The molecule has 0 radical (unpaired) electrons. The predicted molar refractivity (Wildman–Crippen MR) is 135 cm³/mol. The Morgan fingerprint density at radius 3 is 2.36 bits per heavy atom. The number of benzene rings is 3. The first-order valence-corrected chi connectivity index (χ1v) is 11.7. The van der Waals surface area contributed by atoms with Crippen LogP contribution in [-0.2, 0) is 4.79 Å². The van der Waals surface area contributed by atoms with Crippen LogP contribution in [0.2, 0.25) is 0 Å². The smallest absolute Gasteiger partial charge is 0.270 e. The molecule has 0 aliphatic carbocycles. The normalized spacial score (nSPS) is 12.5. The number of nitrogens with zero attached hydrogens (tertiary/aromatic N) is 3. The number of nitro benzene ring substituents is 1. The molecule has 0 saturated carbocycles. The number of thiazole rings is 1. The zero-order valence-corrected chi connectivity index (χ0v) is 19.7. The van der Waals surface area contributed by atoms with Gasteiger partial charge >= 0.3 is 0 Å². The van der Waals surface area contributed by atoms with Crippen LogP contribution in [0.15, 0.2) is 72.8 Å². The van der Waals surface area contributed by atoms with Gasteiger partial charge in [0.25, 0.3) is 17.5 Å². The van der Waals surface area contributed by atoms with Crippen molar-refractivity contribution in [1.29, 1.82) is 0 Å². The molecule has 1 aliphatic rings. The van der Waals surface area contributed by atoms with Crippen LogP contribution in [0.25, 0.3) is 21.8 Å². The summed E-state index contributed by atoms with van der Waals surface area (Å²) in [5.74, 6) is -1.97. The summed E-state index contributed by atoms with van der Waals surface area (Å²) in [4.78, 5) is 54.7. The van der Waals surface area contributed by atoms with Crippen molar-refractivity contribution in [2.45, 2.75) is 6.92 Å². The standard InChI is InChI=1S/C26H18N4O5S/c1-15-23(28-24(36-15)17-5-3-2-4-6-17)16-7-9-18(10-8-16)27-22(31)14-29-25(32)20-12-11-19(30(34)35)13-21(20)26(29)33/h2-13H,14H2,1H3,(H,27,31). The van der Waals surface area contributed by atoms with Crippen LogP contribution in [0, 0.1) is 17.0 Å². The Labute approximate surface area is 209 Å². The number of aryl methyl sites for hydroxylation is 1. The van der Waals surface area contributed by atoms with E-state index in [1.54, 1.807) is 23.5 Å². The van der Waals surface area contributed by atoms with E-state index in [2.05, 4.69) is 5.32 Å². The molecular formula is C26H18N4O5S. The molecule has 3 amide bonds. The van der Waals surface area contributed by atoms with Gasteiger partial charge in [-0.15, -0.1) is 11.3 Å². The average molecular weight is 499 g/mol. The minimum Gasteiger partial charge on any atom is -0.325 e. The van der Waals surface area contributed by atoms with Crippen molar-refractivity contribution in [3.63, 3.8) is 0 Å². The monoisotopic (exact) mass is 498 g/mol. The highest BCUT2D eigenvalue weighted by molar-refractivity contribution is 7.15. The topological polar surface area (TPSA) is 123 Å². The fraction of sp³-hybridized carbons (Fsp3) is 0.0769. The third kappa shape index (κ3) is 4.25. The minimum absolute atomic E-state index is 0.0382. The number of carbonyl (C=O) groups is 3. The first kappa shape index (κ1) is 23.1. The van der Waals surface area contributed by atoms with Gasteiger partial charge in [0.2, 0.25) is 5.91 Å². The summed E-state index contributed by atoms with van der Waals surface area (Å²) in [6.07, 6.45) is 0. The summed E-state index contributed by atoms with van der Waals surface area (Å²) in [5.41, 5.74) is 2.95. The van der Waals surface area contributed by atoms with Gasteiger partial charge in [-0.3, -0.25) is 29.4 Å². The molecule has 0 atom stereocenters. The van der Waals surface area contributed by atoms with Gasteiger partial charge in [0.1, 0.15) is 11.6 Å².